The molecular formula is C24H22F4N8O4. The van der Waals surface area contributed by atoms with Gasteiger partial charge in [-0.2, -0.15) is 18.2 Å². The first-order valence-electron chi connectivity index (χ1n) is 11.6. The number of carboxylic acids is 1. The summed E-state index contributed by atoms with van der Waals surface area (Å²) in [5.41, 5.74) is 0.549. The van der Waals surface area contributed by atoms with Crippen molar-refractivity contribution in [2.75, 3.05) is 23.8 Å². The van der Waals surface area contributed by atoms with Crippen molar-refractivity contribution >= 4 is 34.3 Å². The van der Waals surface area contributed by atoms with Gasteiger partial charge in [0.15, 0.2) is 0 Å². The van der Waals surface area contributed by atoms with E-state index in [1.165, 1.54) is 10.6 Å². The number of fused-ring (bicyclic) bond motifs is 2. The molecule has 40 heavy (non-hydrogen) atoms. The molecule has 4 heterocycles. The van der Waals surface area contributed by atoms with E-state index in [0.29, 0.717) is 48.0 Å². The van der Waals surface area contributed by atoms with Gasteiger partial charge in [0.1, 0.15) is 23.2 Å². The first kappa shape index (κ1) is 28.0. The fourth-order valence-corrected chi connectivity index (χ4v) is 3.66. The quantitative estimate of drug-likeness (QED) is 0.284. The Bertz CT molecular complexity index is 1700. The number of nitrogens with one attached hydrogen (secondary N) is 1. The van der Waals surface area contributed by atoms with E-state index >= 15 is 0 Å². The summed E-state index contributed by atoms with van der Waals surface area (Å²) in [5.74, 6) is -0.964. The van der Waals surface area contributed by atoms with Gasteiger partial charge in [0.05, 0.1) is 23.7 Å². The number of aliphatic carboxylic acids is 1. The van der Waals surface area contributed by atoms with Gasteiger partial charge < -0.3 is 24.3 Å². The second-order valence-corrected chi connectivity index (χ2v) is 8.44. The van der Waals surface area contributed by atoms with E-state index in [0.717, 1.165) is 5.76 Å². The average molecular weight is 562 g/mol. The summed E-state index contributed by atoms with van der Waals surface area (Å²) in [6.07, 6.45) is 0.413. The molecule has 4 aromatic heterocycles. The number of hydrogen-bond donors (Lipinski definition) is 2. The fraction of sp³-hybridized carbons (Fsp3) is 0.250. The van der Waals surface area contributed by atoms with Gasteiger partial charge in [0, 0.05) is 39.5 Å². The van der Waals surface area contributed by atoms with E-state index in [4.69, 9.17) is 14.3 Å². The SMILES string of the molecule is CN(Cc1ccco1)c1nc(NCCc2nnc3c(=O)n(C)ccn23)nc2cccc(F)c12.O=C(O)C(F)(F)F. The van der Waals surface area contributed by atoms with Crippen LogP contribution in [0.4, 0.5) is 29.3 Å². The maximum Gasteiger partial charge on any atom is 0.490 e. The Morgan fingerprint density at radius 2 is 1.90 bits per heavy atom. The number of aryl methyl sites for hydroxylation is 1. The van der Waals surface area contributed by atoms with Crippen molar-refractivity contribution in [3.63, 3.8) is 0 Å². The van der Waals surface area contributed by atoms with E-state index in [2.05, 4.69) is 25.5 Å². The minimum Gasteiger partial charge on any atom is -0.475 e. The molecule has 0 saturated heterocycles. The maximum atomic E-state index is 14.7. The van der Waals surface area contributed by atoms with Crippen molar-refractivity contribution in [1.29, 1.82) is 0 Å². The molecule has 16 heteroatoms. The van der Waals surface area contributed by atoms with Gasteiger partial charge in [0.2, 0.25) is 11.6 Å². The molecule has 0 spiro atoms. The number of carboxylic acid groups (broad SMARTS) is 1. The van der Waals surface area contributed by atoms with Crippen LogP contribution in [0.3, 0.4) is 0 Å². The van der Waals surface area contributed by atoms with Crippen molar-refractivity contribution < 1.29 is 31.9 Å². The van der Waals surface area contributed by atoms with Gasteiger partial charge in [0.25, 0.3) is 5.56 Å². The summed E-state index contributed by atoms with van der Waals surface area (Å²) in [7, 11) is 3.49. The minimum absolute atomic E-state index is 0.215. The number of halogens is 4. The topological polar surface area (TPSA) is 144 Å². The number of anilines is 2. The highest BCUT2D eigenvalue weighted by Gasteiger charge is 2.38. The zero-order chi connectivity index (χ0) is 29.0. The second kappa shape index (κ2) is 11.4. The van der Waals surface area contributed by atoms with Crippen LogP contribution in [-0.2, 0) is 24.8 Å². The van der Waals surface area contributed by atoms with Crippen LogP contribution in [0, 0.1) is 5.82 Å². The van der Waals surface area contributed by atoms with Gasteiger partial charge in [-0.3, -0.25) is 9.20 Å². The lowest BCUT2D eigenvalue weighted by Crippen LogP contribution is -2.21. The largest absolute Gasteiger partial charge is 0.490 e. The average Bonchev–Trinajstić information content (AvgIpc) is 3.56. The normalized spacial score (nSPS) is 11.3. The van der Waals surface area contributed by atoms with E-state index in [1.807, 2.05) is 18.0 Å². The smallest absolute Gasteiger partial charge is 0.475 e. The third-order valence-corrected chi connectivity index (χ3v) is 5.58. The minimum atomic E-state index is -5.08. The Hall–Kier alpha value is -5.02. The zero-order valence-corrected chi connectivity index (χ0v) is 21.1. The Kier molecular flexibility index (Phi) is 7.97. The summed E-state index contributed by atoms with van der Waals surface area (Å²) in [6.45, 7) is 0.867. The number of carbonyl (C=O) groups is 1. The standard InChI is InChI=1S/C22H21FN8O2.C2HF3O2/c1-29-10-11-31-17(27-28-20(31)21(29)32)8-9-24-22-25-16-7-3-6-15(23)18(16)19(26-22)30(2)13-14-5-4-12-33-14;3-2(4,5)1(6)7/h3-7,10-12H,8-9,13H2,1-2H3,(H,24,25,26);(H,6,7). The summed E-state index contributed by atoms with van der Waals surface area (Å²) < 4.78 is 55.0. The predicted molar refractivity (Wildman–Crippen MR) is 134 cm³/mol. The van der Waals surface area contributed by atoms with Crippen molar-refractivity contribution in [1.82, 2.24) is 29.1 Å². The molecule has 0 amide bonds. The highest BCUT2D eigenvalue weighted by atomic mass is 19.4. The monoisotopic (exact) mass is 562 g/mol. The molecule has 0 unspecified atom stereocenters. The molecule has 5 rings (SSSR count). The summed E-state index contributed by atoms with van der Waals surface area (Å²) in [5, 5.41) is 18.8. The van der Waals surface area contributed by atoms with E-state index < -0.39 is 18.0 Å². The third-order valence-electron chi connectivity index (χ3n) is 5.58. The van der Waals surface area contributed by atoms with Crippen LogP contribution < -0.4 is 15.8 Å². The molecule has 0 aliphatic carbocycles. The number of alkyl halides is 3. The van der Waals surface area contributed by atoms with Crippen LogP contribution in [0.5, 0.6) is 0 Å². The molecule has 0 fully saturated rings. The van der Waals surface area contributed by atoms with E-state index in [-0.39, 0.29) is 11.2 Å². The molecule has 0 bridgehead atoms. The Labute approximate surface area is 222 Å². The van der Waals surface area contributed by atoms with Crippen molar-refractivity contribution in [2.24, 2.45) is 7.05 Å². The number of hydrogen-bond acceptors (Lipinski definition) is 9. The Morgan fingerprint density at radius 3 is 2.58 bits per heavy atom. The number of nitrogens with zero attached hydrogens (tertiary/aromatic N) is 7. The van der Waals surface area contributed by atoms with Crippen molar-refractivity contribution in [3.8, 4) is 0 Å². The molecule has 1 aromatic carbocycles. The molecule has 0 aliphatic rings. The third kappa shape index (κ3) is 6.16. The van der Waals surface area contributed by atoms with E-state index in [1.54, 1.807) is 48.3 Å². The predicted octanol–water partition coefficient (Wildman–Crippen LogP) is 3.03. The molecule has 2 N–H and O–H groups in total. The van der Waals surface area contributed by atoms with Gasteiger partial charge in [-0.05, 0) is 24.3 Å². The number of furan rings is 1. The Balaban J connectivity index is 0.000000470. The van der Waals surface area contributed by atoms with E-state index in [9.17, 15) is 22.4 Å². The first-order chi connectivity index (χ1) is 19.0. The summed E-state index contributed by atoms with van der Waals surface area (Å²) in [6, 6.07) is 8.42. The summed E-state index contributed by atoms with van der Waals surface area (Å²) >= 11 is 0. The van der Waals surface area contributed by atoms with Crippen LogP contribution >= 0.6 is 0 Å². The molecule has 0 atom stereocenters. The van der Waals surface area contributed by atoms with Crippen LogP contribution in [0.1, 0.15) is 11.6 Å². The van der Waals surface area contributed by atoms with Gasteiger partial charge in [-0.1, -0.05) is 6.07 Å². The zero-order valence-electron chi connectivity index (χ0n) is 21.1. The highest BCUT2D eigenvalue weighted by molar-refractivity contribution is 5.91. The Morgan fingerprint density at radius 1 is 1.15 bits per heavy atom. The van der Waals surface area contributed by atoms with Gasteiger partial charge in [-0.25, -0.2) is 14.2 Å². The lowest BCUT2D eigenvalue weighted by molar-refractivity contribution is -0.192. The van der Waals surface area contributed by atoms with Crippen LogP contribution in [0.2, 0.25) is 0 Å². The van der Waals surface area contributed by atoms with Crippen molar-refractivity contribution in [3.05, 3.63) is 76.7 Å². The lowest BCUT2D eigenvalue weighted by atomic mass is 10.2. The van der Waals surface area contributed by atoms with Gasteiger partial charge >= 0.3 is 12.1 Å². The maximum absolute atomic E-state index is 14.7. The molecule has 12 nitrogen and oxygen atoms in total. The summed E-state index contributed by atoms with van der Waals surface area (Å²) in [4.78, 5) is 31.9. The first-order valence-corrected chi connectivity index (χ1v) is 11.6. The molecule has 0 aliphatic heterocycles. The molecule has 5 aromatic rings. The second-order valence-electron chi connectivity index (χ2n) is 8.44. The van der Waals surface area contributed by atoms with Crippen LogP contribution in [-0.4, -0.2) is 60.0 Å². The molecule has 0 radical (unpaired) electrons. The van der Waals surface area contributed by atoms with Crippen LogP contribution in [0.15, 0.2) is 58.2 Å². The lowest BCUT2D eigenvalue weighted by Gasteiger charge is -2.20. The number of rotatable bonds is 7. The number of benzene rings is 1. The number of aromatic nitrogens is 6. The molecular weight excluding hydrogens is 540 g/mol. The molecule has 0 saturated carbocycles. The highest BCUT2D eigenvalue weighted by Crippen LogP contribution is 2.28. The fourth-order valence-electron chi connectivity index (χ4n) is 3.66. The van der Waals surface area contributed by atoms with Crippen molar-refractivity contribution in [2.45, 2.75) is 19.1 Å². The van der Waals surface area contributed by atoms with Gasteiger partial charge in [-0.15, -0.1) is 10.2 Å². The molecule has 210 valence electrons. The van der Waals surface area contributed by atoms with Crippen LogP contribution in [0.25, 0.3) is 16.6 Å².